The quantitative estimate of drug-likeness (QED) is 0.691. The molecule has 0 saturated carbocycles. The minimum Gasteiger partial charge on any atom is -0.381 e. The second-order valence-corrected chi connectivity index (χ2v) is 3.59. The molecule has 1 aliphatic heterocycles. The van der Waals surface area contributed by atoms with Crippen molar-refractivity contribution in [2.45, 2.75) is 0 Å². The summed E-state index contributed by atoms with van der Waals surface area (Å²) in [5.74, 6) is 0.877. The van der Waals surface area contributed by atoms with E-state index < -0.39 is 0 Å². The van der Waals surface area contributed by atoms with Crippen molar-refractivity contribution in [3.63, 3.8) is 0 Å². The highest BCUT2D eigenvalue weighted by molar-refractivity contribution is 7.17. The maximum absolute atomic E-state index is 5.33. The summed E-state index contributed by atoms with van der Waals surface area (Å²) in [6, 6.07) is 4.01. The molecule has 2 heterocycles. The lowest BCUT2D eigenvalue weighted by Crippen LogP contribution is -2.14. The fraction of sp³-hybridized carbons (Fsp3) is 0. The first-order valence-corrected chi connectivity index (χ1v) is 4.78. The molecule has 0 bridgehead atoms. The number of benzene rings is 1. The van der Waals surface area contributed by atoms with E-state index in [-0.39, 0.29) is 0 Å². The molecule has 1 N–H and O–H groups in total. The predicted octanol–water partition coefficient (Wildman–Crippen LogP) is 2.16. The Labute approximate surface area is 78.6 Å². The Hall–Kier alpha value is -1.55. The molecule has 1 aromatic carbocycles. The zero-order valence-electron chi connectivity index (χ0n) is 6.65. The highest BCUT2D eigenvalue weighted by Crippen LogP contribution is 2.33. The van der Waals surface area contributed by atoms with Crippen molar-refractivity contribution >= 4 is 27.6 Å². The van der Waals surface area contributed by atoms with Gasteiger partial charge >= 0.3 is 0 Å². The Morgan fingerprint density at radius 2 is 2.38 bits per heavy atom. The van der Waals surface area contributed by atoms with Gasteiger partial charge in [0.05, 0.1) is 11.0 Å². The van der Waals surface area contributed by atoms with Gasteiger partial charge in [0.25, 0.3) is 0 Å². The van der Waals surface area contributed by atoms with Gasteiger partial charge in [0.15, 0.2) is 5.75 Å². The molecule has 64 valence electrons. The average Bonchev–Trinajstić information content (AvgIpc) is 2.65. The average molecular weight is 190 g/mol. The van der Waals surface area contributed by atoms with Crippen LogP contribution in [0.5, 0.6) is 5.75 Å². The van der Waals surface area contributed by atoms with Crippen LogP contribution in [0, 0.1) is 0 Å². The SMILES string of the molecule is C1=Cc2ccc3ncsc3c2ON1. The molecule has 0 unspecified atom stereocenters. The van der Waals surface area contributed by atoms with Crippen molar-refractivity contribution in [3.8, 4) is 5.75 Å². The van der Waals surface area contributed by atoms with E-state index in [2.05, 4.69) is 10.5 Å². The Morgan fingerprint density at radius 1 is 1.38 bits per heavy atom. The van der Waals surface area contributed by atoms with Crippen molar-refractivity contribution < 1.29 is 4.84 Å². The van der Waals surface area contributed by atoms with Gasteiger partial charge in [0, 0.05) is 11.8 Å². The van der Waals surface area contributed by atoms with E-state index >= 15 is 0 Å². The monoisotopic (exact) mass is 190 g/mol. The summed E-state index contributed by atoms with van der Waals surface area (Å²) < 4.78 is 1.09. The predicted molar refractivity (Wildman–Crippen MR) is 52.4 cm³/mol. The maximum atomic E-state index is 5.33. The van der Waals surface area contributed by atoms with Gasteiger partial charge in [-0.2, -0.15) is 0 Å². The number of hydrogen-bond acceptors (Lipinski definition) is 4. The van der Waals surface area contributed by atoms with Gasteiger partial charge in [0.1, 0.15) is 4.70 Å². The third-order valence-corrected chi connectivity index (χ3v) is 2.82. The molecule has 1 aromatic heterocycles. The molecule has 0 fully saturated rings. The largest absolute Gasteiger partial charge is 0.381 e. The summed E-state index contributed by atoms with van der Waals surface area (Å²) in [7, 11) is 0. The number of nitrogens with one attached hydrogen (secondary N) is 1. The minimum atomic E-state index is 0.877. The van der Waals surface area contributed by atoms with E-state index in [1.54, 1.807) is 17.5 Å². The molecule has 13 heavy (non-hydrogen) atoms. The zero-order chi connectivity index (χ0) is 8.67. The van der Waals surface area contributed by atoms with Gasteiger partial charge < -0.3 is 4.84 Å². The number of hydrogen-bond donors (Lipinski definition) is 1. The first-order valence-electron chi connectivity index (χ1n) is 3.90. The zero-order valence-corrected chi connectivity index (χ0v) is 7.47. The Bertz CT molecular complexity index is 489. The van der Waals surface area contributed by atoms with Gasteiger partial charge in [-0.3, -0.25) is 0 Å². The van der Waals surface area contributed by atoms with Crippen molar-refractivity contribution in [3.05, 3.63) is 29.4 Å². The number of aromatic nitrogens is 1. The van der Waals surface area contributed by atoms with Crippen LogP contribution < -0.4 is 10.3 Å². The van der Waals surface area contributed by atoms with Gasteiger partial charge in [-0.05, 0) is 18.2 Å². The lowest BCUT2D eigenvalue weighted by Gasteiger charge is -2.12. The van der Waals surface area contributed by atoms with Crippen LogP contribution in [0.2, 0.25) is 0 Å². The second-order valence-electron chi connectivity index (χ2n) is 2.74. The molecule has 0 aliphatic carbocycles. The van der Waals surface area contributed by atoms with Crippen molar-refractivity contribution in [1.82, 2.24) is 10.5 Å². The molecule has 0 amide bonds. The van der Waals surface area contributed by atoms with E-state index in [1.807, 2.05) is 23.7 Å². The van der Waals surface area contributed by atoms with Crippen LogP contribution in [-0.2, 0) is 0 Å². The normalized spacial score (nSPS) is 13.5. The standard InChI is InChI=1S/C9H6N2OS/c1-2-7-9(13-5-10-7)8-6(1)3-4-11-12-8/h1-5,11H. The van der Waals surface area contributed by atoms with E-state index in [9.17, 15) is 0 Å². The lowest BCUT2D eigenvalue weighted by atomic mass is 10.2. The molecule has 0 saturated heterocycles. The van der Waals surface area contributed by atoms with Crippen LogP contribution in [0.1, 0.15) is 5.56 Å². The third-order valence-electron chi connectivity index (χ3n) is 1.98. The van der Waals surface area contributed by atoms with Gasteiger partial charge in [-0.15, -0.1) is 11.3 Å². The summed E-state index contributed by atoms with van der Waals surface area (Å²) in [4.78, 5) is 9.54. The van der Waals surface area contributed by atoms with Crippen molar-refractivity contribution in [1.29, 1.82) is 0 Å². The smallest absolute Gasteiger partial charge is 0.181 e. The maximum Gasteiger partial charge on any atom is 0.181 e. The van der Waals surface area contributed by atoms with E-state index in [4.69, 9.17) is 4.84 Å². The Balaban J connectivity index is 2.42. The number of fused-ring (bicyclic) bond motifs is 3. The molecule has 1 aliphatic rings. The molecule has 0 spiro atoms. The van der Waals surface area contributed by atoms with Crippen LogP contribution in [0.4, 0.5) is 0 Å². The first kappa shape index (κ1) is 6.91. The number of thiazole rings is 1. The molecular weight excluding hydrogens is 184 g/mol. The summed E-state index contributed by atoms with van der Waals surface area (Å²) in [5, 5.41) is 0. The third kappa shape index (κ3) is 0.922. The van der Waals surface area contributed by atoms with E-state index in [0.29, 0.717) is 0 Å². The fourth-order valence-corrected chi connectivity index (χ4v) is 2.15. The highest BCUT2D eigenvalue weighted by Gasteiger charge is 2.11. The molecule has 3 rings (SSSR count). The van der Waals surface area contributed by atoms with Crippen LogP contribution in [0.25, 0.3) is 16.3 Å². The number of rotatable bonds is 0. The lowest BCUT2D eigenvalue weighted by molar-refractivity contribution is 0.243. The molecular formula is C9H6N2OS. The summed E-state index contributed by atoms with van der Waals surface area (Å²) >= 11 is 1.59. The van der Waals surface area contributed by atoms with Crippen LogP contribution in [0.3, 0.4) is 0 Å². The van der Waals surface area contributed by atoms with E-state index in [1.165, 1.54) is 0 Å². The van der Waals surface area contributed by atoms with Gasteiger partial charge in [-0.1, -0.05) is 0 Å². The van der Waals surface area contributed by atoms with Crippen LogP contribution >= 0.6 is 11.3 Å². The van der Waals surface area contributed by atoms with E-state index in [0.717, 1.165) is 21.5 Å². The first-order chi connectivity index (χ1) is 6.45. The Morgan fingerprint density at radius 3 is 3.38 bits per heavy atom. The minimum absolute atomic E-state index is 0.877. The molecule has 3 nitrogen and oxygen atoms in total. The second kappa shape index (κ2) is 2.47. The van der Waals surface area contributed by atoms with Crippen LogP contribution in [0.15, 0.2) is 23.8 Å². The Kier molecular flexibility index (Phi) is 1.31. The van der Waals surface area contributed by atoms with Crippen molar-refractivity contribution in [2.75, 3.05) is 0 Å². The van der Waals surface area contributed by atoms with Crippen molar-refractivity contribution in [2.24, 2.45) is 0 Å². The van der Waals surface area contributed by atoms with Gasteiger partial charge in [-0.25, -0.2) is 10.5 Å². The highest BCUT2D eigenvalue weighted by atomic mass is 32.1. The number of nitrogens with zero attached hydrogens (tertiary/aromatic N) is 1. The molecule has 0 radical (unpaired) electrons. The van der Waals surface area contributed by atoms with Gasteiger partial charge in [0.2, 0.25) is 0 Å². The van der Waals surface area contributed by atoms with Crippen LogP contribution in [-0.4, -0.2) is 4.98 Å². The summed E-state index contributed by atoms with van der Waals surface area (Å²) in [5.41, 5.74) is 6.63. The molecule has 4 heteroatoms. The summed E-state index contributed by atoms with van der Waals surface area (Å²) in [6.07, 6.45) is 3.76. The molecule has 0 atom stereocenters. The summed E-state index contributed by atoms with van der Waals surface area (Å²) in [6.45, 7) is 0. The fourth-order valence-electron chi connectivity index (χ4n) is 1.37. The number of hydroxylamine groups is 1. The molecule has 2 aromatic rings. The topological polar surface area (TPSA) is 34.1 Å².